The molecule has 1 saturated carbocycles. The number of benzene rings is 1. The van der Waals surface area contributed by atoms with Gasteiger partial charge in [0, 0.05) is 18.6 Å². The molecule has 3 heteroatoms. The van der Waals surface area contributed by atoms with E-state index in [0.717, 1.165) is 24.4 Å². The number of hydrogen-bond donors (Lipinski definition) is 1. The standard InChI is InChI=1S/C17H27FN2/c1-4-16(19)17(14-7-9-15(18)10-8-14)20(12(2)3)11-13-5-6-13/h7-10,12-13,16-17H,4-6,11,19H2,1-3H3. The second-order valence-corrected chi connectivity index (χ2v) is 6.30. The third-order valence-corrected chi connectivity index (χ3v) is 4.28. The maximum absolute atomic E-state index is 13.2. The SMILES string of the molecule is CCC(N)C(c1ccc(F)cc1)N(CC1CC1)C(C)C. The summed E-state index contributed by atoms with van der Waals surface area (Å²) >= 11 is 0. The molecule has 0 radical (unpaired) electrons. The van der Waals surface area contributed by atoms with E-state index in [4.69, 9.17) is 5.73 Å². The number of nitrogens with two attached hydrogens (primary N) is 1. The summed E-state index contributed by atoms with van der Waals surface area (Å²) in [5, 5.41) is 0. The van der Waals surface area contributed by atoms with Gasteiger partial charge in [0.2, 0.25) is 0 Å². The minimum absolute atomic E-state index is 0.0848. The summed E-state index contributed by atoms with van der Waals surface area (Å²) in [6.07, 6.45) is 3.59. The highest BCUT2D eigenvalue weighted by Crippen LogP contribution is 2.35. The van der Waals surface area contributed by atoms with Gasteiger partial charge in [-0.15, -0.1) is 0 Å². The summed E-state index contributed by atoms with van der Waals surface area (Å²) in [6, 6.07) is 7.57. The average Bonchev–Trinajstić information content (AvgIpc) is 3.23. The van der Waals surface area contributed by atoms with Gasteiger partial charge in [0.1, 0.15) is 5.82 Å². The molecule has 1 aromatic rings. The van der Waals surface area contributed by atoms with Crippen molar-refractivity contribution in [2.45, 2.75) is 58.2 Å². The molecule has 0 amide bonds. The van der Waals surface area contributed by atoms with Crippen molar-refractivity contribution in [2.75, 3.05) is 6.54 Å². The smallest absolute Gasteiger partial charge is 0.123 e. The van der Waals surface area contributed by atoms with Crippen LogP contribution in [0.4, 0.5) is 4.39 Å². The molecule has 20 heavy (non-hydrogen) atoms. The Balaban J connectivity index is 2.26. The molecule has 0 heterocycles. The third kappa shape index (κ3) is 3.80. The lowest BCUT2D eigenvalue weighted by Crippen LogP contribution is -2.45. The molecule has 1 fully saturated rings. The summed E-state index contributed by atoms with van der Waals surface area (Å²) in [6.45, 7) is 7.67. The molecule has 112 valence electrons. The minimum Gasteiger partial charge on any atom is -0.326 e. The van der Waals surface area contributed by atoms with E-state index in [-0.39, 0.29) is 17.9 Å². The molecule has 0 aromatic heterocycles. The van der Waals surface area contributed by atoms with Crippen molar-refractivity contribution in [3.63, 3.8) is 0 Å². The van der Waals surface area contributed by atoms with Crippen LogP contribution >= 0.6 is 0 Å². The molecular formula is C17H27FN2. The molecule has 2 N–H and O–H groups in total. The van der Waals surface area contributed by atoms with Crippen LogP contribution in [0.25, 0.3) is 0 Å². The van der Waals surface area contributed by atoms with Gasteiger partial charge in [-0.3, -0.25) is 4.90 Å². The van der Waals surface area contributed by atoms with Crippen LogP contribution in [0.5, 0.6) is 0 Å². The number of nitrogens with zero attached hydrogens (tertiary/aromatic N) is 1. The second kappa shape index (κ2) is 6.68. The van der Waals surface area contributed by atoms with Crippen molar-refractivity contribution in [1.29, 1.82) is 0 Å². The summed E-state index contributed by atoms with van der Waals surface area (Å²) in [5.41, 5.74) is 7.52. The Morgan fingerprint density at radius 2 is 1.85 bits per heavy atom. The molecule has 0 saturated heterocycles. The Morgan fingerprint density at radius 1 is 1.25 bits per heavy atom. The predicted molar refractivity (Wildman–Crippen MR) is 82.0 cm³/mol. The molecule has 2 rings (SSSR count). The Hall–Kier alpha value is -0.930. The molecule has 2 unspecified atom stereocenters. The fourth-order valence-corrected chi connectivity index (χ4v) is 2.81. The normalized spacial score (nSPS) is 18.6. The van der Waals surface area contributed by atoms with Crippen molar-refractivity contribution < 1.29 is 4.39 Å². The van der Waals surface area contributed by atoms with Crippen molar-refractivity contribution in [3.8, 4) is 0 Å². The zero-order valence-electron chi connectivity index (χ0n) is 12.8. The van der Waals surface area contributed by atoms with Gasteiger partial charge in [0.05, 0.1) is 6.04 Å². The zero-order chi connectivity index (χ0) is 14.7. The van der Waals surface area contributed by atoms with Crippen LogP contribution in [-0.2, 0) is 0 Å². The van der Waals surface area contributed by atoms with Crippen molar-refractivity contribution in [3.05, 3.63) is 35.6 Å². The summed E-state index contributed by atoms with van der Waals surface area (Å²) in [4.78, 5) is 2.50. The van der Waals surface area contributed by atoms with E-state index < -0.39 is 0 Å². The highest BCUT2D eigenvalue weighted by molar-refractivity contribution is 5.22. The predicted octanol–water partition coefficient (Wildman–Crippen LogP) is 3.72. The van der Waals surface area contributed by atoms with Crippen LogP contribution in [0.3, 0.4) is 0 Å². The molecule has 1 aliphatic rings. The molecule has 0 spiro atoms. The van der Waals surface area contributed by atoms with Gasteiger partial charge in [0.15, 0.2) is 0 Å². The van der Waals surface area contributed by atoms with Crippen LogP contribution in [0.1, 0.15) is 51.6 Å². The largest absolute Gasteiger partial charge is 0.326 e. The van der Waals surface area contributed by atoms with Gasteiger partial charge in [-0.05, 0) is 56.7 Å². The number of rotatable bonds is 7. The molecule has 2 nitrogen and oxygen atoms in total. The van der Waals surface area contributed by atoms with Gasteiger partial charge in [-0.1, -0.05) is 19.1 Å². The average molecular weight is 278 g/mol. The van der Waals surface area contributed by atoms with E-state index in [1.54, 1.807) is 12.1 Å². The van der Waals surface area contributed by atoms with Gasteiger partial charge < -0.3 is 5.73 Å². The molecule has 0 bridgehead atoms. The van der Waals surface area contributed by atoms with Crippen LogP contribution in [0.15, 0.2) is 24.3 Å². The van der Waals surface area contributed by atoms with Crippen LogP contribution < -0.4 is 5.73 Å². The van der Waals surface area contributed by atoms with Crippen molar-refractivity contribution in [1.82, 2.24) is 4.90 Å². The highest BCUT2D eigenvalue weighted by Gasteiger charge is 2.32. The van der Waals surface area contributed by atoms with E-state index in [9.17, 15) is 4.39 Å². The Kier molecular flexibility index (Phi) is 5.17. The molecule has 0 aliphatic heterocycles. The molecule has 2 atom stereocenters. The lowest BCUT2D eigenvalue weighted by atomic mass is 9.94. The lowest BCUT2D eigenvalue weighted by molar-refractivity contribution is 0.123. The number of hydrogen-bond acceptors (Lipinski definition) is 2. The molecular weight excluding hydrogens is 251 g/mol. The van der Waals surface area contributed by atoms with Gasteiger partial charge in [-0.2, -0.15) is 0 Å². The van der Waals surface area contributed by atoms with Gasteiger partial charge in [0.25, 0.3) is 0 Å². The first-order chi connectivity index (χ1) is 9.52. The third-order valence-electron chi connectivity index (χ3n) is 4.28. The van der Waals surface area contributed by atoms with Crippen LogP contribution in [0.2, 0.25) is 0 Å². The number of halogens is 1. The zero-order valence-corrected chi connectivity index (χ0v) is 12.8. The van der Waals surface area contributed by atoms with E-state index in [0.29, 0.717) is 6.04 Å². The van der Waals surface area contributed by atoms with E-state index >= 15 is 0 Å². The Morgan fingerprint density at radius 3 is 2.30 bits per heavy atom. The van der Waals surface area contributed by atoms with Crippen LogP contribution in [-0.4, -0.2) is 23.5 Å². The first-order valence-electron chi connectivity index (χ1n) is 7.79. The first-order valence-corrected chi connectivity index (χ1v) is 7.79. The topological polar surface area (TPSA) is 29.3 Å². The van der Waals surface area contributed by atoms with Gasteiger partial charge >= 0.3 is 0 Å². The van der Waals surface area contributed by atoms with E-state index in [2.05, 4.69) is 25.7 Å². The summed E-state index contributed by atoms with van der Waals surface area (Å²) in [5.74, 6) is 0.639. The Labute approximate surface area is 122 Å². The maximum Gasteiger partial charge on any atom is 0.123 e. The van der Waals surface area contributed by atoms with Gasteiger partial charge in [-0.25, -0.2) is 4.39 Å². The van der Waals surface area contributed by atoms with E-state index in [1.807, 2.05) is 12.1 Å². The fraction of sp³-hybridized carbons (Fsp3) is 0.647. The van der Waals surface area contributed by atoms with Crippen LogP contribution in [0, 0.1) is 11.7 Å². The quantitative estimate of drug-likeness (QED) is 0.823. The molecule has 1 aromatic carbocycles. The lowest BCUT2D eigenvalue weighted by Gasteiger charge is -2.38. The van der Waals surface area contributed by atoms with E-state index in [1.165, 1.54) is 12.8 Å². The maximum atomic E-state index is 13.2. The summed E-state index contributed by atoms with van der Waals surface area (Å²) in [7, 11) is 0. The molecule has 1 aliphatic carbocycles. The second-order valence-electron chi connectivity index (χ2n) is 6.30. The fourth-order valence-electron chi connectivity index (χ4n) is 2.81. The minimum atomic E-state index is -0.184. The van der Waals surface area contributed by atoms with Crippen molar-refractivity contribution in [2.24, 2.45) is 11.7 Å². The Bertz CT molecular complexity index is 412. The van der Waals surface area contributed by atoms with Crippen molar-refractivity contribution >= 4 is 0 Å². The highest BCUT2D eigenvalue weighted by atomic mass is 19.1. The monoisotopic (exact) mass is 278 g/mol. The summed E-state index contributed by atoms with van der Waals surface area (Å²) < 4.78 is 13.2. The first kappa shape index (κ1) is 15.5.